The van der Waals surface area contributed by atoms with Crippen molar-refractivity contribution in [3.05, 3.63) is 46.8 Å². The maximum Gasteiger partial charge on any atom is 0.261 e. The fourth-order valence-electron chi connectivity index (χ4n) is 2.36. The SMILES string of the molecule is CCOC(C)c1ccc(-c2ccc(C(=O)NC3CC3)s2)cc1. The Bertz CT molecular complexity index is 643. The summed E-state index contributed by atoms with van der Waals surface area (Å²) in [7, 11) is 0. The van der Waals surface area contributed by atoms with E-state index in [0.717, 1.165) is 28.2 Å². The normalized spacial score (nSPS) is 15.5. The van der Waals surface area contributed by atoms with Gasteiger partial charge in [-0.1, -0.05) is 24.3 Å². The molecule has 1 aliphatic carbocycles. The number of rotatable bonds is 6. The predicted molar refractivity (Wildman–Crippen MR) is 90.3 cm³/mol. The highest BCUT2D eigenvalue weighted by Gasteiger charge is 2.24. The van der Waals surface area contributed by atoms with Gasteiger partial charge < -0.3 is 10.1 Å². The van der Waals surface area contributed by atoms with E-state index in [4.69, 9.17) is 4.74 Å². The van der Waals surface area contributed by atoms with Gasteiger partial charge in [0.1, 0.15) is 0 Å². The molecule has 1 aliphatic rings. The van der Waals surface area contributed by atoms with Crippen LogP contribution < -0.4 is 5.32 Å². The minimum absolute atomic E-state index is 0.0559. The Morgan fingerprint density at radius 1 is 1.27 bits per heavy atom. The van der Waals surface area contributed by atoms with Gasteiger partial charge in [0.2, 0.25) is 0 Å². The summed E-state index contributed by atoms with van der Waals surface area (Å²) < 4.78 is 5.60. The van der Waals surface area contributed by atoms with Gasteiger partial charge in [0.05, 0.1) is 11.0 Å². The maximum atomic E-state index is 12.0. The van der Waals surface area contributed by atoms with Crippen molar-refractivity contribution in [3.8, 4) is 10.4 Å². The molecule has 3 rings (SSSR count). The van der Waals surface area contributed by atoms with Crippen LogP contribution in [0.4, 0.5) is 0 Å². The standard InChI is InChI=1S/C18H21NO2S/c1-3-21-12(2)13-4-6-14(7-5-13)16-10-11-17(22-16)18(20)19-15-8-9-15/h4-7,10-12,15H,3,8-9H2,1-2H3,(H,19,20). The van der Waals surface area contributed by atoms with Crippen LogP contribution in [-0.4, -0.2) is 18.6 Å². The lowest BCUT2D eigenvalue weighted by molar-refractivity contribution is 0.0764. The van der Waals surface area contributed by atoms with Crippen LogP contribution in [-0.2, 0) is 4.74 Å². The first-order chi connectivity index (χ1) is 10.7. The van der Waals surface area contributed by atoms with Crippen molar-refractivity contribution in [3.63, 3.8) is 0 Å². The van der Waals surface area contributed by atoms with Crippen LogP contribution in [0.25, 0.3) is 10.4 Å². The van der Waals surface area contributed by atoms with Crippen molar-refractivity contribution >= 4 is 17.2 Å². The first-order valence-corrected chi connectivity index (χ1v) is 8.61. The van der Waals surface area contributed by atoms with E-state index in [1.165, 1.54) is 5.56 Å². The van der Waals surface area contributed by atoms with Gasteiger partial charge in [0.15, 0.2) is 0 Å². The molecule has 1 amide bonds. The third-order valence-corrected chi connectivity index (χ3v) is 4.96. The Morgan fingerprint density at radius 3 is 2.64 bits per heavy atom. The number of carbonyl (C=O) groups is 1. The van der Waals surface area contributed by atoms with Gasteiger partial charge in [0.25, 0.3) is 5.91 Å². The van der Waals surface area contributed by atoms with Gasteiger partial charge in [-0.05, 0) is 49.9 Å². The second-order valence-electron chi connectivity index (χ2n) is 5.63. The number of ether oxygens (including phenoxy) is 1. The van der Waals surface area contributed by atoms with E-state index in [-0.39, 0.29) is 12.0 Å². The quantitative estimate of drug-likeness (QED) is 0.857. The Balaban J connectivity index is 1.71. The van der Waals surface area contributed by atoms with Crippen LogP contribution in [0.15, 0.2) is 36.4 Å². The third kappa shape index (κ3) is 3.57. The molecule has 1 atom stereocenters. The van der Waals surface area contributed by atoms with Crippen LogP contribution >= 0.6 is 11.3 Å². The summed E-state index contributed by atoms with van der Waals surface area (Å²) in [5.74, 6) is 0.0559. The van der Waals surface area contributed by atoms with Gasteiger partial charge in [-0.3, -0.25) is 4.79 Å². The van der Waals surface area contributed by atoms with Crippen molar-refractivity contribution in [2.75, 3.05) is 6.61 Å². The van der Waals surface area contributed by atoms with Gasteiger partial charge >= 0.3 is 0 Å². The number of benzene rings is 1. The zero-order valence-electron chi connectivity index (χ0n) is 13.0. The lowest BCUT2D eigenvalue weighted by atomic mass is 10.1. The molecule has 116 valence electrons. The van der Waals surface area contributed by atoms with E-state index < -0.39 is 0 Å². The molecule has 1 aromatic heterocycles. The Morgan fingerprint density at radius 2 is 2.00 bits per heavy atom. The molecule has 1 fully saturated rings. The molecule has 1 aromatic carbocycles. The molecule has 0 radical (unpaired) electrons. The van der Waals surface area contributed by atoms with E-state index in [1.54, 1.807) is 11.3 Å². The topological polar surface area (TPSA) is 38.3 Å². The molecule has 1 N–H and O–H groups in total. The lowest BCUT2D eigenvalue weighted by Gasteiger charge is -2.12. The molecular formula is C18H21NO2S. The summed E-state index contributed by atoms with van der Waals surface area (Å²) in [6, 6.07) is 12.7. The van der Waals surface area contributed by atoms with Gasteiger partial charge in [-0.25, -0.2) is 0 Å². The average Bonchev–Trinajstić information content (AvgIpc) is 3.20. The lowest BCUT2D eigenvalue weighted by Crippen LogP contribution is -2.24. The van der Waals surface area contributed by atoms with Crippen LogP contribution in [0, 0.1) is 0 Å². The molecule has 0 bridgehead atoms. The number of hydrogen-bond acceptors (Lipinski definition) is 3. The Kier molecular flexibility index (Phi) is 4.60. The molecular weight excluding hydrogens is 294 g/mol. The van der Waals surface area contributed by atoms with Crippen LogP contribution in [0.3, 0.4) is 0 Å². The zero-order valence-corrected chi connectivity index (χ0v) is 13.8. The summed E-state index contributed by atoms with van der Waals surface area (Å²) in [5, 5.41) is 3.03. The fourth-order valence-corrected chi connectivity index (χ4v) is 3.28. The maximum absolute atomic E-state index is 12.0. The number of amides is 1. The van der Waals surface area contributed by atoms with Crippen molar-refractivity contribution in [2.45, 2.75) is 38.8 Å². The van der Waals surface area contributed by atoms with Crippen LogP contribution in [0.5, 0.6) is 0 Å². The molecule has 1 saturated carbocycles. The molecule has 1 unspecified atom stereocenters. The summed E-state index contributed by atoms with van der Waals surface area (Å²) >= 11 is 1.55. The summed E-state index contributed by atoms with van der Waals surface area (Å²) in [6.07, 6.45) is 2.34. The van der Waals surface area contributed by atoms with E-state index in [9.17, 15) is 4.79 Å². The van der Waals surface area contributed by atoms with E-state index in [0.29, 0.717) is 12.6 Å². The molecule has 22 heavy (non-hydrogen) atoms. The first kappa shape index (κ1) is 15.3. The number of carbonyl (C=O) groups excluding carboxylic acids is 1. The van der Waals surface area contributed by atoms with Crippen molar-refractivity contribution in [2.24, 2.45) is 0 Å². The predicted octanol–water partition coefficient (Wildman–Crippen LogP) is 4.40. The van der Waals surface area contributed by atoms with E-state index >= 15 is 0 Å². The third-order valence-electron chi connectivity index (χ3n) is 3.82. The summed E-state index contributed by atoms with van der Waals surface area (Å²) in [5.41, 5.74) is 2.32. The molecule has 0 saturated heterocycles. The van der Waals surface area contributed by atoms with Gasteiger partial charge in [-0.2, -0.15) is 0 Å². The summed E-state index contributed by atoms with van der Waals surface area (Å²) in [4.78, 5) is 13.9. The van der Waals surface area contributed by atoms with Gasteiger partial charge in [0, 0.05) is 17.5 Å². The second kappa shape index (κ2) is 6.63. The summed E-state index contributed by atoms with van der Waals surface area (Å²) in [6.45, 7) is 4.78. The minimum Gasteiger partial charge on any atom is -0.374 e. The highest BCUT2D eigenvalue weighted by atomic mass is 32.1. The fraction of sp³-hybridized carbons (Fsp3) is 0.389. The molecule has 3 nitrogen and oxygen atoms in total. The number of thiophene rings is 1. The highest BCUT2D eigenvalue weighted by Crippen LogP contribution is 2.30. The van der Waals surface area contributed by atoms with Crippen LogP contribution in [0.2, 0.25) is 0 Å². The average molecular weight is 315 g/mol. The molecule has 0 aliphatic heterocycles. The Labute approximate surface area is 135 Å². The molecule has 0 spiro atoms. The van der Waals surface area contributed by atoms with Gasteiger partial charge in [-0.15, -0.1) is 11.3 Å². The van der Waals surface area contributed by atoms with E-state index in [1.807, 2.05) is 19.1 Å². The smallest absolute Gasteiger partial charge is 0.261 e. The van der Waals surface area contributed by atoms with E-state index in [2.05, 4.69) is 36.5 Å². The highest BCUT2D eigenvalue weighted by molar-refractivity contribution is 7.17. The minimum atomic E-state index is 0.0559. The molecule has 1 heterocycles. The molecule has 4 heteroatoms. The number of hydrogen-bond donors (Lipinski definition) is 1. The second-order valence-corrected chi connectivity index (χ2v) is 6.71. The Hall–Kier alpha value is -1.65. The monoisotopic (exact) mass is 315 g/mol. The van der Waals surface area contributed by atoms with Crippen molar-refractivity contribution in [1.82, 2.24) is 5.32 Å². The number of nitrogens with one attached hydrogen (secondary N) is 1. The zero-order chi connectivity index (χ0) is 15.5. The first-order valence-electron chi connectivity index (χ1n) is 7.80. The van der Waals surface area contributed by atoms with Crippen molar-refractivity contribution in [1.29, 1.82) is 0 Å². The largest absolute Gasteiger partial charge is 0.374 e. The van der Waals surface area contributed by atoms with Crippen molar-refractivity contribution < 1.29 is 9.53 Å². The molecule has 2 aromatic rings. The van der Waals surface area contributed by atoms with Crippen LogP contribution in [0.1, 0.15) is 48.0 Å².